The number of benzene rings is 1. The fourth-order valence-corrected chi connectivity index (χ4v) is 3.67. The second kappa shape index (κ2) is 8.00. The molecule has 27 heavy (non-hydrogen) atoms. The quantitative estimate of drug-likeness (QED) is 0.598. The number of barbiturate groups is 1. The number of carbonyl (C=O) groups is 3. The van der Waals surface area contributed by atoms with Crippen molar-refractivity contribution in [2.75, 3.05) is 27.2 Å². The molecule has 2 aliphatic rings. The zero-order chi connectivity index (χ0) is 19.6. The highest BCUT2D eigenvalue weighted by Crippen LogP contribution is 2.21. The Morgan fingerprint density at radius 2 is 1.56 bits per heavy atom. The summed E-state index contributed by atoms with van der Waals surface area (Å²) in [5.41, 5.74) is 1.79. The molecule has 2 saturated heterocycles. The normalized spacial score (nSPS) is 21.3. The number of hydrogen-bond acceptors (Lipinski definition) is 5. The average Bonchev–Trinajstić information content (AvgIpc) is 2.67. The number of aliphatic imine (C=N–C) groups is 1. The van der Waals surface area contributed by atoms with Crippen molar-refractivity contribution in [3.8, 4) is 0 Å². The molecule has 144 valence electrons. The largest absolute Gasteiger partial charge is 0.332 e. The summed E-state index contributed by atoms with van der Waals surface area (Å²) in [7, 11) is 2.80. The number of piperidine rings is 1. The van der Waals surface area contributed by atoms with Crippen molar-refractivity contribution >= 4 is 23.6 Å². The number of nitrogens with zero attached hydrogens (tertiary/aromatic N) is 4. The number of likely N-dealkylation sites (tertiary alicyclic amines) is 1. The first-order valence-corrected chi connectivity index (χ1v) is 9.28. The summed E-state index contributed by atoms with van der Waals surface area (Å²) in [6.45, 7) is 4.50. The van der Waals surface area contributed by atoms with Gasteiger partial charge in [0.15, 0.2) is 5.92 Å². The van der Waals surface area contributed by atoms with Crippen molar-refractivity contribution in [2.24, 2.45) is 10.9 Å². The third-order valence-electron chi connectivity index (χ3n) is 5.34. The summed E-state index contributed by atoms with van der Waals surface area (Å²) in [5, 5.41) is 0. The molecular formula is C20H26N4O3. The lowest BCUT2D eigenvalue weighted by molar-refractivity contribution is -0.144. The molecule has 0 unspecified atom stereocenters. The molecule has 0 spiro atoms. The van der Waals surface area contributed by atoms with Gasteiger partial charge in [0, 0.05) is 39.4 Å². The van der Waals surface area contributed by atoms with Crippen LogP contribution in [0.15, 0.2) is 35.3 Å². The van der Waals surface area contributed by atoms with Crippen LogP contribution in [0, 0.1) is 5.92 Å². The van der Waals surface area contributed by atoms with Gasteiger partial charge in [0.25, 0.3) is 0 Å². The van der Waals surface area contributed by atoms with Crippen molar-refractivity contribution < 1.29 is 14.4 Å². The highest BCUT2D eigenvalue weighted by molar-refractivity contribution is 6.26. The standard InChI is InChI=1S/C20H26N4O3/c1-14(17-18(25)22(2)20(27)23(3)19(17)26)21-16-9-11-24(12-10-16)13-15-7-5-4-6-8-15/h4-8,16-17H,9-13H2,1-3H3. The summed E-state index contributed by atoms with van der Waals surface area (Å²) < 4.78 is 0. The van der Waals surface area contributed by atoms with Gasteiger partial charge in [0.05, 0.1) is 6.04 Å². The van der Waals surface area contributed by atoms with Gasteiger partial charge in [-0.05, 0) is 25.3 Å². The van der Waals surface area contributed by atoms with Crippen molar-refractivity contribution in [2.45, 2.75) is 32.4 Å². The third kappa shape index (κ3) is 4.08. The van der Waals surface area contributed by atoms with E-state index in [1.807, 2.05) is 18.2 Å². The summed E-state index contributed by atoms with van der Waals surface area (Å²) in [6.07, 6.45) is 1.79. The lowest BCUT2D eigenvalue weighted by atomic mass is 9.97. The Labute approximate surface area is 159 Å². The Kier molecular flexibility index (Phi) is 5.70. The lowest BCUT2D eigenvalue weighted by Crippen LogP contribution is -2.58. The topological polar surface area (TPSA) is 73.3 Å². The molecule has 2 heterocycles. The van der Waals surface area contributed by atoms with Crippen LogP contribution in [0.3, 0.4) is 0 Å². The van der Waals surface area contributed by atoms with Crippen molar-refractivity contribution in [1.29, 1.82) is 0 Å². The molecule has 2 fully saturated rings. The van der Waals surface area contributed by atoms with Crippen LogP contribution in [0.1, 0.15) is 25.3 Å². The van der Waals surface area contributed by atoms with Gasteiger partial charge in [-0.25, -0.2) is 4.79 Å². The molecule has 0 aromatic heterocycles. The molecule has 0 saturated carbocycles. The molecule has 1 aromatic carbocycles. The number of rotatable bonds is 4. The van der Waals surface area contributed by atoms with Gasteiger partial charge >= 0.3 is 6.03 Å². The van der Waals surface area contributed by atoms with Crippen LogP contribution < -0.4 is 0 Å². The minimum atomic E-state index is -0.986. The van der Waals surface area contributed by atoms with E-state index in [4.69, 9.17) is 0 Å². The fourth-order valence-electron chi connectivity index (χ4n) is 3.67. The smallest absolute Gasteiger partial charge is 0.299 e. The molecule has 3 rings (SSSR count). The van der Waals surface area contributed by atoms with E-state index < -0.39 is 23.8 Å². The number of imide groups is 2. The van der Waals surface area contributed by atoms with Crippen LogP contribution in [-0.2, 0) is 16.1 Å². The maximum absolute atomic E-state index is 12.4. The Morgan fingerprint density at radius 3 is 2.11 bits per heavy atom. The molecule has 0 bridgehead atoms. The van der Waals surface area contributed by atoms with E-state index in [1.165, 1.54) is 19.7 Å². The molecule has 2 aliphatic heterocycles. The zero-order valence-corrected chi connectivity index (χ0v) is 16.1. The fraction of sp³-hybridized carbons (Fsp3) is 0.500. The van der Waals surface area contributed by atoms with Gasteiger partial charge < -0.3 is 0 Å². The first kappa shape index (κ1) is 19.2. The number of carbonyl (C=O) groups excluding carboxylic acids is 3. The summed E-state index contributed by atoms with van der Waals surface area (Å²) in [6, 6.07) is 9.88. The zero-order valence-electron chi connectivity index (χ0n) is 16.1. The molecule has 7 nitrogen and oxygen atoms in total. The minimum absolute atomic E-state index is 0.103. The van der Waals surface area contributed by atoms with E-state index in [1.54, 1.807) is 6.92 Å². The van der Waals surface area contributed by atoms with Crippen LogP contribution in [0.2, 0.25) is 0 Å². The highest BCUT2D eigenvalue weighted by Gasteiger charge is 2.44. The number of hydrogen-bond donors (Lipinski definition) is 0. The molecule has 7 heteroatoms. The Bertz CT molecular complexity index is 730. The van der Waals surface area contributed by atoms with E-state index in [-0.39, 0.29) is 6.04 Å². The predicted molar refractivity (Wildman–Crippen MR) is 102 cm³/mol. The average molecular weight is 370 g/mol. The van der Waals surface area contributed by atoms with E-state index >= 15 is 0 Å². The van der Waals surface area contributed by atoms with Crippen LogP contribution in [-0.4, -0.2) is 71.5 Å². The Morgan fingerprint density at radius 1 is 1.00 bits per heavy atom. The number of amides is 4. The first-order chi connectivity index (χ1) is 12.9. The molecule has 0 N–H and O–H groups in total. The summed E-state index contributed by atoms with van der Waals surface area (Å²) in [4.78, 5) is 45.7. The molecule has 0 atom stereocenters. The molecular weight excluding hydrogens is 344 g/mol. The third-order valence-corrected chi connectivity index (χ3v) is 5.34. The van der Waals surface area contributed by atoms with Crippen molar-refractivity contribution in [1.82, 2.24) is 14.7 Å². The monoisotopic (exact) mass is 370 g/mol. The Hall–Kier alpha value is -2.54. The maximum atomic E-state index is 12.4. The van der Waals surface area contributed by atoms with Gasteiger partial charge in [-0.15, -0.1) is 0 Å². The minimum Gasteiger partial charge on any atom is -0.299 e. The first-order valence-electron chi connectivity index (χ1n) is 9.28. The highest BCUT2D eigenvalue weighted by atomic mass is 16.2. The van der Waals surface area contributed by atoms with Crippen molar-refractivity contribution in [3.05, 3.63) is 35.9 Å². The van der Waals surface area contributed by atoms with E-state index in [9.17, 15) is 14.4 Å². The van der Waals surface area contributed by atoms with Gasteiger partial charge in [-0.3, -0.25) is 29.3 Å². The molecule has 1 aromatic rings. The van der Waals surface area contributed by atoms with Gasteiger partial charge in [-0.2, -0.15) is 0 Å². The number of urea groups is 1. The second-order valence-corrected chi connectivity index (χ2v) is 7.27. The van der Waals surface area contributed by atoms with E-state index in [0.717, 1.165) is 42.3 Å². The maximum Gasteiger partial charge on any atom is 0.332 e. The molecule has 0 aliphatic carbocycles. The molecule has 0 radical (unpaired) electrons. The molecule has 4 amide bonds. The van der Waals surface area contributed by atoms with Gasteiger partial charge in [0.2, 0.25) is 11.8 Å². The SMILES string of the molecule is CC(=NC1CCN(Cc2ccccc2)CC1)C1C(=O)N(C)C(=O)N(C)C1=O. The van der Waals surface area contributed by atoms with Crippen LogP contribution >= 0.6 is 0 Å². The van der Waals surface area contributed by atoms with Crippen molar-refractivity contribution in [3.63, 3.8) is 0 Å². The van der Waals surface area contributed by atoms with E-state index in [2.05, 4.69) is 22.0 Å². The van der Waals surface area contributed by atoms with Gasteiger partial charge in [-0.1, -0.05) is 30.3 Å². The Balaban J connectivity index is 1.61. The van der Waals surface area contributed by atoms with Gasteiger partial charge in [0.1, 0.15) is 0 Å². The summed E-state index contributed by atoms with van der Waals surface area (Å²) in [5.74, 6) is -1.98. The van der Waals surface area contributed by atoms with E-state index in [0.29, 0.717) is 5.71 Å². The van der Waals surface area contributed by atoms with Crippen LogP contribution in [0.25, 0.3) is 0 Å². The second-order valence-electron chi connectivity index (χ2n) is 7.27. The van der Waals surface area contributed by atoms with Crippen LogP contribution in [0.5, 0.6) is 0 Å². The summed E-state index contributed by atoms with van der Waals surface area (Å²) >= 11 is 0. The predicted octanol–water partition coefficient (Wildman–Crippen LogP) is 1.78. The lowest BCUT2D eigenvalue weighted by Gasteiger charge is -2.34. The van der Waals surface area contributed by atoms with Crippen LogP contribution in [0.4, 0.5) is 4.79 Å².